The van der Waals surface area contributed by atoms with Crippen LogP contribution in [0.2, 0.25) is 0 Å². The van der Waals surface area contributed by atoms with Gasteiger partial charge in [0.25, 0.3) is 5.69 Å². The first-order chi connectivity index (χ1) is 11.7. The average Bonchev–Trinajstić information content (AvgIpc) is 2.62. The summed E-state index contributed by atoms with van der Waals surface area (Å²) in [6.07, 6.45) is 0. The standard InChI is InChI=1S/C17H20N4O3.HI/c1-18-17(19-11-12-24-16-5-3-2-4-6-16)20-13-14-7-9-15(10-8-14)21(22)23;/h2-10H,11-13H2,1H3,(H2,18,19,20);1H. The van der Waals surface area contributed by atoms with Crippen LogP contribution in [0.3, 0.4) is 0 Å². The number of ether oxygens (including phenoxy) is 1. The maximum atomic E-state index is 10.6. The highest BCUT2D eigenvalue weighted by molar-refractivity contribution is 14.0. The Labute approximate surface area is 163 Å². The van der Waals surface area contributed by atoms with Crippen LogP contribution in [0.1, 0.15) is 5.56 Å². The molecule has 0 fully saturated rings. The summed E-state index contributed by atoms with van der Waals surface area (Å²) >= 11 is 0. The molecule has 0 saturated heterocycles. The van der Waals surface area contributed by atoms with Gasteiger partial charge < -0.3 is 15.4 Å². The quantitative estimate of drug-likeness (QED) is 0.167. The zero-order chi connectivity index (χ0) is 17.2. The lowest BCUT2D eigenvalue weighted by atomic mass is 10.2. The number of nitro groups is 1. The van der Waals surface area contributed by atoms with E-state index in [9.17, 15) is 10.1 Å². The molecule has 0 heterocycles. The summed E-state index contributed by atoms with van der Waals surface area (Å²) in [6, 6.07) is 16.0. The van der Waals surface area contributed by atoms with Crippen molar-refractivity contribution in [3.05, 3.63) is 70.3 Å². The van der Waals surface area contributed by atoms with Gasteiger partial charge in [-0.15, -0.1) is 24.0 Å². The number of hydrogen-bond acceptors (Lipinski definition) is 4. The minimum absolute atomic E-state index is 0. The van der Waals surface area contributed by atoms with E-state index in [0.717, 1.165) is 11.3 Å². The lowest BCUT2D eigenvalue weighted by Crippen LogP contribution is -2.38. The Bertz CT molecular complexity index is 678. The number of para-hydroxylation sites is 1. The molecule has 2 N–H and O–H groups in total. The van der Waals surface area contributed by atoms with Crippen LogP contribution in [0, 0.1) is 10.1 Å². The Balaban J connectivity index is 0.00000312. The second kappa shape index (κ2) is 11.2. The van der Waals surface area contributed by atoms with Gasteiger partial charge in [0.05, 0.1) is 11.5 Å². The second-order valence-electron chi connectivity index (χ2n) is 4.94. The van der Waals surface area contributed by atoms with E-state index in [1.54, 1.807) is 19.2 Å². The van der Waals surface area contributed by atoms with Gasteiger partial charge in [0.15, 0.2) is 5.96 Å². The Morgan fingerprint density at radius 3 is 2.40 bits per heavy atom. The second-order valence-corrected chi connectivity index (χ2v) is 4.94. The van der Waals surface area contributed by atoms with E-state index in [1.165, 1.54) is 12.1 Å². The van der Waals surface area contributed by atoms with Crippen LogP contribution in [0.25, 0.3) is 0 Å². The number of rotatable bonds is 7. The fourth-order valence-electron chi connectivity index (χ4n) is 2.00. The number of hydrogen-bond donors (Lipinski definition) is 2. The number of benzene rings is 2. The van der Waals surface area contributed by atoms with E-state index in [-0.39, 0.29) is 29.7 Å². The lowest BCUT2D eigenvalue weighted by Gasteiger charge is -2.12. The molecule has 134 valence electrons. The zero-order valence-corrected chi connectivity index (χ0v) is 16.2. The molecule has 0 saturated carbocycles. The van der Waals surface area contributed by atoms with E-state index >= 15 is 0 Å². The molecular formula is C17H21IN4O3. The molecule has 0 spiro atoms. The van der Waals surface area contributed by atoms with Gasteiger partial charge >= 0.3 is 0 Å². The minimum atomic E-state index is -0.412. The Kier molecular flexibility index (Phi) is 9.30. The highest BCUT2D eigenvalue weighted by atomic mass is 127. The molecule has 0 aromatic heterocycles. The molecule has 0 bridgehead atoms. The van der Waals surface area contributed by atoms with Gasteiger partial charge in [-0.1, -0.05) is 30.3 Å². The number of guanidine groups is 1. The Hall–Kier alpha value is -2.36. The summed E-state index contributed by atoms with van der Waals surface area (Å²) in [6.45, 7) is 1.65. The first kappa shape index (κ1) is 20.7. The molecule has 7 nitrogen and oxygen atoms in total. The number of nitrogens with one attached hydrogen (secondary N) is 2. The number of non-ortho nitro benzene ring substituents is 1. The monoisotopic (exact) mass is 456 g/mol. The molecule has 0 aliphatic carbocycles. The van der Waals surface area contributed by atoms with Crippen LogP contribution in [-0.2, 0) is 6.54 Å². The van der Waals surface area contributed by atoms with Crippen molar-refractivity contribution in [2.75, 3.05) is 20.2 Å². The first-order valence-corrected chi connectivity index (χ1v) is 7.55. The number of nitrogens with zero attached hydrogens (tertiary/aromatic N) is 2. The molecule has 0 aliphatic rings. The summed E-state index contributed by atoms with van der Waals surface area (Å²) in [5.74, 6) is 1.47. The van der Waals surface area contributed by atoms with Crippen LogP contribution in [-0.4, -0.2) is 31.1 Å². The molecule has 2 aromatic rings. The SMILES string of the molecule is CN=C(NCCOc1ccccc1)NCc1ccc([N+](=O)[O-])cc1.I. The van der Waals surface area contributed by atoms with Crippen LogP contribution < -0.4 is 15.4 Å². The van der Waals surface area contributed by atoms with Gasteiger partial charge in [-0.3, -0.25) is 15.1 Å². The van der Waals surface area contributed by atoms with E-state index in [2.05, 4.69) is 15.6 Å². The van der Waals surface area contributed by atoms with E-state index < -0.39 is 4.92 Å². The van der Waals surface area contributed by atoms with Crippen molar-refractivity contribution in [3.63, 3.8) is 0 Å². The highest BCUT2D eigenvalue weighted by Gasteiger charge is 2.04. The highest BCUT2D eigenvalue weighted by Crippen LogP contribution is 2.11. The van der Waals surface area contributed by atoms with Crippen LogP contribution in [0.4, 0.5) is 5.69 Å². The summed E-state index contributed by atoms with van der Waals surface area (Å²) in [7, 11) is 1.68. The Morgan fingerprint density at radius 1 is 1.12 bits per heavy atom. The number of halogens is 1. The van der Waals surface area contributed by atoms with Gasteiger partial charge in [0.1, 0.15) is 12.4 Å². The largest absolute Gasteiger partial charge is 0.492 e. The number of nitro benzene ring substituents is 1. The van der Waals surface area contributed by atoms with Gasteiger partial charge in [0, 0.05) is 25.7 Å². The molecule has 0 radical (unpaired) electrons. The first-order valence-electron chi connectivity index (χ1n) is 7.55. The molecule has 0 aliphatic heterocycles. The molecule has 0 atom stereocenters. The normalized spacial score (nSPS) is 10.5. The van der Waals surface area contributed by atoms with Gasteiger partial charge in [-0.25, -0.2) is 0 Å². The van der Waals surface area contributed by atoms with Gasteiger partial charge in [-0.05, 0) is 17.7 Å². The summed E-state index contributed by atoms with van der Waals surface area (Å²) in [4.78, 5) is 14.3. The van der Waals surface area contributed by atoms with Crippen LogP contribution in [0.15, 0.2) is 59.6 Å². The third kappa shape index (κ3) is 7.38. The van der Waals surface area contributed by atoms with Crippen LogP contribution in [0.5, 0.6) is 5.75 Å². The van der Waals surface area contributed by atoms with Crippen molar-refractivity contribution in [2.45, 2.75) is 6.54 Å². The van der Waals surface area contributed by atoms with E-state index in [0.29, 0.717) is 25.7 Å². The van der Waals surface area contributed by atoms with Crippen LogP contribution >= 0.6 is 24.0 Å². The summed E-state index contributed by atoms with van der Waals surface area (Å²) in [5, 5.41) is 16.9. The third-order valence-electron chi connectivity index (χ3n) is 3.24. The molecule has 8 heteroatoms. The Morgan fingerprint density at radius 2 is 1.80 bits per heavy atom. The molecule has 2 rings (SSSR count). The van der Waals surface area contributed by atoms with Crippen molar-refractivity contribution in [1.82, 2.24) is 10.6 Å². The molecule has 25 heavy (non-hydrogen) atoms. The lowest BCUT2D eigenvalue weighted by molar-refractivity contribution is -0.384. The molecule has 0 amide bonds. The average molecular weight is 456 g/mol. The molecular weight excluding hydrogens is 435 g/mol. The summed E-state index contributed by atoms with van der Waals surface area (Å²) in [5.41, 5.74) is 1.02. The fraction of sp³-hybridized carbons (Fsp3) is 0.235. The van der Waals surface area contributed by atoms with Crippen molar-refractivity contribution < 1.29 is 9.66 Å². The zero-order valence-electron chi connectivity index (χ0n) is 13.8. The topological polar surface area (TPSA) is 88.8 Å². The molecule has 2 aromatic carbocycles. The molecule has 0 unspecified atom stereocenters. The fourth-order valence-corrected chi connectivity index (χ4v) is 2.00. The summed E-state index contributed by atoms with van der Waals surface area (Å²) < 4.78 is 5.59. The predicted molar refractivity (Wildman–Crippen MR) is 109 cm³/mol. The van der Waals surface area contributed by atoms with Crippen molar-refractivity contribution in [3.8, 4) is 5.75 Å². The van der Waals surface area contributed by atoms with E-state index in [1.807, 2.05) is 30.3 Å². The number of aliphatic imine (C=N–C) groups is 1. The van der Waals surface area contributed by atoms with Crippen molar-refractivity contribution in [1.29, 1.82) is 0 Å². The van der Waals surface area contributed by atoms with Gasteiger partial charge in [0.2, 0.25) is 0 Å². The smallest absolute Gasteiger partial charge is 0.269 e. The van der Waals surface area contributed by atoms with Crippen molar-refractivity contribution in [2.24, 2.45) is 4.99 Å². The van der Waals surface area contributed by atoms with Crippen molar-refractivity contribution >= 4 is 35.6 Å². The maximum Gasteiger partial charge on any atom is 0.269 e. The van der Waals surface area contributed by atoms with Gasteiger partial charge in [-0.2, -0.15) is 0 Å². The van der Waals surface area contributed by atoms with E-state index in [4.69, 9.17) is 4.74 Å². The maximum absolute atomic E-state index is 10.6. The minimum Gasteiger partial charge on any atom is -0.492 e. The predicted octanol–water partition coefficient (Wildman–Crippen LogP) is 2.96. The third-order valence-corrected chi connectivity index (χ3v) is 3.24.